The van der Waals surface area contributed by atoms with Crippen LogP contribution in [0, 0.1) is 22.7 Å². The smallest absolute Gasteiger partial charge is 0.191 e. The molecule has 3 fully saturated rings. The second-order valence-electron chi connectivity index (χ2n) is 10.9. The number of aliphatic hydroxyl groups is 1. The summed E-state index contributed by atoms with van der Waals surface area (Å²) < 4.78 is 17.6. The Morgan fingerprint density at radius 2 is 1.83 bits per heavy atom. The molecule has 3 aliphatic rings. The molecule has 1 aliphatic heterocycles. The van der Waals surface area contributed by atoms with Gasteiger partial charge in [0.15, 0.2) is 5.79 Å². The summed E-state index contributed by atoms with van der Waals surface area (Å²) in [5.74, 6) is -0.0827. The molecule has 0 aromatic heterocycles. The summed E-state index contributed by atoms with van der Waals surface area (Å²) in [5.41, 5.74) is -0.323. The van der Waals surface area contributed by atoms with E-state index in [1.807, 2.05) is 6.92 Å². The summed E-state index contributed by atoms with van der Waals surface area (Å²) in [4.78, 5) is 25.0. The van der Waals surface area contributed by atoms with Crippen molar-refractivity contribution in [1.82, 2.24) is 0 Å². The Morgan fingerprint density at radius 1 is 1.17 bits per heavy atom. The molecule has 0 aromatic carbocycles. The van der Waals surface area contributed by atoms with Gasteiger partial charge in [0.2, 0.25) is 0 Å². The Labute approximate surface area is 181 Å². The Morgan fingerprint density at radius 3 is 2.47 bits per heavy atom. The van der Waals surface area contributed by atoms with E-state index in [0.29, 0.717) is 57.5 Å². The number of methoxy groups -OCH3 is 1. The zero-order valence-electron chi connectivity index (χ0n) is 19.4. The summed E-state index contributed by atoms with van der Waals surface area (Å²) >= 11 is 0. The molecule has 6 heteroatoms. The molecule has 1 saturated heterocycles. The molecule has 0 bridgehead atoms. The number of hydrogen-bond acceptors (Lipinski definition) is 6. The third kappa shape index (κ3) is 4.82. The van der Waals surface area contributed by atoms with E-state index in [4.69, 9.17) is 14.2 Å². The van der Waals surface area contributed by atoms with Crippen molar-refractivity contribution in [2.75, 3.05) is 20.3 Å². The van der Waals surface area contributed by atoms with Crippen molar-refractivity contribution in [2.45, 2.75) is 97.1 Å². The van der Waals surface area contributed by atoms with Gasteiger partial charge in [-0.05, 0) is 50.9 Å². The molecule has 1 N–H and O–H groups in total. The van der Waals surface area contributed by atoms with Crippen LogP contribution in [0.25, 0.3) is 0 Å². The van der Waals surface area contributed by atoms with E-state index < -0.39 is 11.9 Å². The van der Waals surface area contributed by atoms with Crippen LogP contribution in [-0.2, 0) is 23.8 Å². The molecule has 2 saturated carbocycles. The maximum Gasteiger partial charge on any atom is 0.191 e. The second-order valence-corrected chi connectivity index (χ2v) is 10.9. The lowest BCUT2D eigenvalue weighted by Crippen LogP contribution is -2.53. The first kappa shape index (κ1) is 23.8. The molecular formula is C24H40O6. The van der Waals surface area contributed by atoms with Crippen molar-refractivity contribution in [3.63, 3.8) is 0 Å². The summed E-state index contributed by atoms with van der Waals surface area (Å²) in [6.07, 6.45) is 4.21. The molecule has 2 aliphatic carbocycles. The van der Waals surface area contributed by atoms with Crippen LogP contribution in [0.3, 0.4) is 0 Å². The van der Waals surface area contributed by atoms with Crippen molar-refractivity contribution in [2.24, 2.45) is 22.7 Å². The van der Waals surface area contributed by atoms with E-state index in [1.165, 1.54) is 0 Å². The largest absolute Gasteiger partial charge is 0.393 e. The van der Waals surface area contributed by atoms with Gasteiger partial charge >= 0.3 is 0 Å². The van der Waals surface area contributed by atoms with Crippen LogP contribution in [-0.4, -0.2) is 55.0 Å². The highest BCUT2D eigenvalue weighted by molar-refractivity contribution is 5.87. The van der Waals surface area contributed by atoms with Gasteiger partial charge < -0.3 is 19.3 Å². The van der Waals surface area contributed by atoms with Gasteiger partial charge in [0.25, 0.3) is 0 Å². The van der Waals surface area contributed by atoms with Crippen LogP contribution in [0.5, 0.6) is 0 Å². The predicted molar refractivity (Wildman–Crippen MR) is 113 cm³/mol. The number of aliphatic hydroxyl groups excluding tert-OH is 1. The van der Waals surface area contributed by atoms with Gasteiger partial charge in [0, 0.05) is 37.2 Å². The first-order chi connectivity index (χ1) is 14.0. The molecule has 5 atom stereocenters. The first-order valence-corrected chi connectivity index (χ1v) is 11.5. The molecule has 0 amide bonds. The maximum atomic E-state index is 12.7. The number of carbonyl (C=O) groups is 2. The zero-order valence-corrected chi connectivity index (χ0v) is 19.4. The lowest BCUT2D eigenvalue weighted by molar-refractivity contribution is -0.327. The van der Waals surface area contributed by atoms with Crippen molar-refractivity contribution in [3.8, 4) is 0 Å². The van der Waals surface area contributed by atoms with E-state index in [1.54, 1.807) is 7.11 Å². The van der Waals surface area contributed by atoms with E-state index in [9.17, 15) is 14.7 Å². The number of ketones is 2. The summed E-state index contributed by atoms with van der Waals surface area (Å²) in [6, 6.07) is 0. The van der Waals surface area contributed by atoms with Crippen molar-refractivity contribution in [3.05, 3.63) is 0 Å². The number of carbonyl (C=O) groups excluding carboxylic acids is 2. The first-order valence-electron chi connectivity index (χ1n) is 11.5. The maximum absolute atomic E-state index is 12.7. The van der Waals surface area contributed by atoms with Gasteiger partial charge in [-0.1, -0.05) is 20.8 Å². The summed E-state index contributed by atoms with van der Waals surface area (Å²) in [7, 11) is 1.63. The fourth-order valence-electron chi connectivity index (χ4n) is 5.72. The molecule has 3 rings (SSSR count). The third-order valence-corrected chi connectivity index (χ3v) is 7.92. The zero-order chi connectivity index (χ0) is 22.2. The third-order valence-electron chi connectivity index (χ3n) is 7.92. The highest BCUT2D eigenvalue weighted by Gasteiger charge is 2.53. The standard InChI is InChI=1S/C24H40O6/c1-22(2)14-29-24(4,30-15-22)21(28-5)11-7-16(25)6-8-17-18-9-10-20(27)23(18,3)13-12-19(17)26/h17-19,21,26H,6-15H2,1-5H3/t17-,18-,19+,21?,23-/m0/s1. The molecule has 0 radical (unpaired) electrons. The van der Waals surface area contributed by atoms with E-state index >= 15 is 0 Å². The number of hydrogen-bond donors (Lipinski definition) is 1. The van der Waals surface area contributed by atoms with Crippen molar-refractivity contribution < 1.29 is 28.9 Å². The lowest BCUT2D eigenvalue weighted by Gasteiger charge is -2.44. The number of fused-ring (bicyclic) bond motifs is 1. The van der Waals surface area contributed by atoms with Gasteiger partial charge in [-0.25, -0.2) is 0 Å². The minimum atomic E-state index is -0.837. The normalized spacial score (nSPS) is 36.3. The van der Waals surface area contributed by atoms with Crippen LogP contribution >= 0.6 is 0 Å². The molecule has 172 valence electrons. The fourth-order valence-corrected chi connectivity index (χ4v) is 5.72. The summed E-state index contributed by atoms with van der Waals surface area (Å²) in [5, 5.41) is 10.6. The van der Waals surface area contributed by atoms with Crippen molar-refractivity contribution in [1.29, 1.82) is 0 Å². The molecule has 1 unspecified atom stereocenters. The van der Waals surface area contributed by atoms with Gasteiger partial charge in [-0.2, -0.15) is 0 Å². The highest BCUT2D eigenvalue weighted by Crippen LogP contribution is 2.53. The topological polar surface area (TPSA) is 82.1 Å². The van der Waals surface area contributed by atoms with Crippen LogP contribution in [0.1, 0.15) is 79.1 Å². The van der Waals surface area contributed by atoms with Crippen LogP contribution in [0.2, 0.25) is 0 Å². The van der Waals surface area contributed by atoms with E-state index in [2.05, 4.69) is 20.8 Å². The van der Waals surface area contributed by atoms with E-state index in [0.717, 1.165) is 12.8 Å². The quantitative estimate of drug-likeness (QED) is 0.640. The average Bonchev–Trinajstić information content (AvgIpc) is 2.99. The predicted octanol–water partition coefficient (Wildman–Crippen LogP) is 3.68. The van der Waals surface area contributed by atoms with Crippen LogP contribution < -0.4 is 0 Å². The molecule has 1 heterocycles. The number of ether oxygens (including phenoxy) is 3. The van der Waals surface area contributed by atoms with Gasteiger partial charge in [-0.3, -0.25) is 9.59 Å². The highest BCUT2D eigenvalue weighted by atomic mass is 16.7. The Balaban J connectivity index is 1.50. The monoisotopic (exact) mass is 424 g/mol. The molecule has 0 aromatic rings. The SMILES string of the molecule is COC(CCC(=O)CC[C@@H]1[C@H](O)CC[C@]2(C)C(=O)CC[C@@H]12)C1(C)OCC(C)(C)CO1. The number of rotatable bonds is 8. The minimum Gasteiger partial charge on any atom is -0.393 e. The molecule has 0 spiro atoms. The van der Waals surface area contributed by atoms with E-state index in [-0.39, 0.29) is 34.6 Å². The van der Waals surface area contributed by atoms with Gasteiger partial charge in [-0.15, -0.1) is 0 Å². The van der Waals surface area contributed by atoms with Gasteiger partial charge in [0.1, 0.15) is 17.7 Å². The molecule has 6 nitrogen and oxygen atoms in total. The fraction of sp³-hybridized carbons (Fsp3) is 0.917. The lowest BCUT2D eigenvalue weighted by atomic mass is 9.62. The Kier molecular flexibility index (Phi) is 7.13. The minimum absolute atomic E-state index is 0.0232. The average molecular weight is 425 g/mol. The van der Waals surface area contributed by atoms with Gasteiger partial charge in [0.05, 0.1) is 19.3 Å². The van der Waals surface area contributed by atoms with Crippen molar-refractivity contribution >= 4 is 11.6 Å². The molecular weight excluding hydrogens is 384 g/mol. The summed E-state index contributed by atoms with van der Waals surface area (Å²) in [6.45, 7) is 9.33. The van der Waals surface area contributed by atoms with Crippen LogP contribution in [0.4, 0.5) is 0 Å². The Hall–Kier alpha value is -0.820. The Bertz CT molecular complexity index is 634. The number of Topliss-reactive ketones (excluding diaryl/α,β-unsaturated/α-hetero) is 2. The second kappa shape index (κ2) is 8.97. The molecule has 30 heavy (non-hydrogen) atoms. The van der Waals surface area contributed by atoms with Crippen LogP contribution in [0.15, 0.2) is 0 Å².